The van der Waals surface area contributed by atoms with E-state index >= 15 is 0 Å². The van der Waals surface area contributed by atoms with Gasteiger partial charge in [0.1, 0.15) is 33.0 Å². The van der Waals surface area contributed by atoms with Crippen LogP contribution in [-0.2, 0) is 24.6 Å². The van der Waals surface area contributed by atoms with Gasteiger partial charge < -0.3 is 33.2 Å². The van der Waals surface area contributed by atoms with Crippen molar-refractivity contribution in [2.45, 2.75) is 5.60 Å². The molecule has 36 heavy (non-hydrogen) atoms. The summed E-state index contributed by atoms with van der Waals surface area (Å²) in [6, 6.07) is 24.3. The molecule has 0 fully saturated rings. The van der Waals surface area contributed by atoms with Crippen LogP contribution in [0, 0.1) is 0 Å². The van der Waals surface area contributed by atoms with E-state index in [1.807, 2.05) is 78.9 Å². The fourth-order valence-electron chi connectivity index (χ4n) is 3.66. The molecule has 0 amide bonds. The lowest BCUT2D eigenvalue weighted by Crippen LogP contribution is -2.43. The molecule has 8 heteroatoms. The second-order valence-electron chi connectivity index (χ2n) is 8.01. The molecule has 1 aliphatic heterocycles. The molecule has 8 nitrogen and oxygen atoms in total. The van der Waals surface area contributed by atoms with Gasteiger partial charge in [-0.25, -0.2) is 4.79 Å². The molecule has 0 unspecified atom stereocenters. The molecular weight excluding hydrogens is 464 g/mol. The fourth-order valence-corrected chi connectivity index (χ4v) is 3.66. The first-order chi connectivity index (χ1) is 17.7. The van der Waals surface area contributed by atoms with Crippen LogP contribution in [0.4, 0.5) is 0 Å². The summed E-state index contributed by atoms with van der Waals surface area (Å²) >= 11 is 0. The number of methoxy groups -OCH3 is 1. The van der Waals surface area contributed by atoms with E-state index in [2.05, 4.69) is 0 Å². The maximum Gasteiger partial charge on any atom is 0.331 e. The number of carbonyl (C=O) groups excluding carboxylic acids is 1. The van der Waals surface area contributed by atoms with Crippen molar-refractivity contribution in [3.63, 3.8) is 0 Å². The molecule has 0 radical (unpaired) electrons. The Labute approximate surface area is 210 Å². The van der Waals surface area contributed by atoms with E-state index in [0.717, 1.165) is 5.56 Å². The SMILES string of the molecule is COC(=O)COC1(c2ccccc2)COc2ccccc2OCCOCCOc2ccccc2OC1. The van der Waals surface area contributed by atoms with Crippen LogP contribution in [0.2, 0.25) is 0 Å². The highest BCUT2D eigenvalue weighted by atomic mass is 16.6. The lowest BCUT2D eigenvalue weighted by molar-refractivity contribution is -0.160. The van der Waals surface area contributed by atoms with E-state index < -0.39 is 11.6 Å². The van der Waals surface area contributed by atoms with Gasteiger partial charge in [-0.3, -0.25) is 0 Å². The molecule has 0 atom stereocenters. The highest BCUT2D eigenvalue weighted by Gasteiger charge is 2.37. The molecule has 0 aliphatic carbocycles. The second kappa shape index (κ2) is 12.8. The summed E-state index contributed by atoms with van der Waals surface area (Å²) in [6.45, 7) is 1.27. The Bertz CT molecular complexity index is 1050. The Morgan fingerprint density at radius 3 is 1.67 bits per heavy atom. The van der Waals surface area contributed by atoms with Gasteiger partial charge in [0.05, 0.1) is 20.3 Å². The molecule has 4 rings (SSSR count). The van der Waals surface area contributed by atoms with E-state index in [1.165, 1.54) is 7.11 Å². The topological polar surface area (TPSA) is 81.7 Å². The van der Waals surface area contributed by atoms with Crippen molar-refractivity contribution in [1.29, 1.82) is 0 Å². The molecule has 3 aromatic carbocycles. The molecule has 0 spiro atoms. The normalized spacial score (nSPS) is 16.0. The van der Waals surface area contributed by atoms with Gasteiger partial charge in [-0.1, -0.05) is 54.6 Å². The second-order valence-corrected chi connectivity index (χ2v) is 8.01. The molecule has 1 aliphatic rings. The van der Waals surface area contributed by atoms with Crippen LogP contribution < -0.4 is 18.9 Å². The fraction of sp³-hybridized carbons (Fsp3) is 0.321. The highest BCUT2D eigenvalue weighted by molar-refractivity contribution is 5.70. The van der Waals surface area contributed by atoms with Crippen LogP contribution in [0.1, 0.15) is 5.56 Å². The minimum absolute atomic E-state index is 0.0356. The van der Waals surface area contributed by atoms with Gasteiger partial charge in [-0.15, -0.1) is 0 Å². The number of carbonyl (C=O) groups is 1. The van der Waals surface area contributed by atoms with Gasteiger partial charge in [0, 0.05) is 0 Å². The van der Waals surface area contributed by atoms with Crippen LogP contribution in [0.15, 0.2) is 78.9 Å². The largest absolute Gasteiger partial charge is 0.487 e. The highest BCUT2D eigenvalue weighted by Crippen LogP contribution is 2.34. The molecule has 3 aromatic rings. The summed E-state index contributed by atoms with van der Waals surface area (Å²) in [5.41, 5.74) is -0.379. The number of esters is 1. The third kappa shape index (κ3) is 6.68. The molecule has 190 valence electrons. The number of ether oxygens (including phenoxy) is 7. The Kier molecular flexibility index (Phi) is 9.02. The summed E-state index contributed by atoms with van der Waals surface area (Å²) in [4.78, 5) is 12.1. The van der Waals surface area contributed by atoms with Gasteiger partial charge >= 0.3 is 5.97 Å². The van der Waals surface area contributed by atoms with Crippen molar-refractivity contribution in [1.82, 2.24) is 0 Å². The summed E-state index contributed by atoms with van der Waals surface area (Å²) in [5.74, 6) is 1.71. The zero-order chi connectivity index (χ0) is 25.1. The van der Waals surface area contributed by atoms with E-state index in [1.54, 1.807) is 0 Å². The van der Waals surface area contributed by atoms with Crippen molar-refractivity contribution < 1.29 is 38.0 Å². The summed E-state index contributed by atoms with van der Waals surface area (Å²) in [7, 11) is 1.32. The number of rotatable bonds is 4. The summed E-state index contributed by atoms with van der Waals surface area (Å²) in [5, 5.41) is 0. The van der Waals surface area contributed by atoms with Gasteiger partial charge in [0.15, 0.2) is 28.6 Å². The van der Waals surface area contributed by atoms with Crippen LogP contribution >= 0.6 is 0 Å². The monoisotopic (exact) mass is 494 g/mol. The molecular formula is C28H30O8. The average Bonchev–Trinajstić information content (AvgIpc) is 2.93. The lowest BCUT2D eigenvalue weighted by atomic mass is 9.95. The standard InChI is InChI=1S/C28H30O8/c1-30-27(29)19-36-28(22-9-3-2-4-10-22)20-34-25-13-7-5-11-23(25)32-17-15-31-16-18-33-24-12-6-8-14-26(24)35-21-28/h2-14H,15-21H2,1H3. The molecule has 0 aromatic heterocycles. The van der Waals surface area contributed by atoms with Crippen molar-refractivity contribution in [3.05, 3.63) is 84.4 Å². The smallest absolute Gasteiger partial charge is 0.331 e. The Morgan fingerprint density at radius 2 is 1.17 bits per heavy atom. The lowest BCUT2D eigenvalue weighted by Gasteiger charge is -2.34. The number of fused-ring (bicyclic) bond motifs is 2. The van der Waals surface area contributed by atoms with Gasteiger partial charge in [-0.2, -0.15) is 0 Å². The average molecular weight is 495 g/mol. The van der Waals surface area contributed by atoms with E-state index in [4.69, 9.17) is 33.2 Å². The number of benzene rings is 3. The third-order valence-corrected chi connectivity index (χ3v) is 5.58. The number of hydrogen-bond acceptors (Lipinski definition) is 8. The predicted molar refractivity (Wildman–Crippen MR) is 132 cm³/mol. The minimum atomic E-state index is -1.16. The van der Waals surface area contributed by atoms with E-state index in [-0.39, 0.29) is 19.8 Å². The number of hydrogen-bond donors (Lipinski definition) is 0. The maximum atomic E-state index is 12.1. The Balaban J connectivity index is 1.71. The molecule has 0 saturated heterocycles. The Morgan fingerprint density at radius 1 is 0.694 bits per heavy atom. The molecule has 0 saturated carbocycles. The van der Waals surface area contributed by atoms with Crippen LogP contribution in [-0.4, -0.2) is 59.3 Å². The zero-order valence-electron chi connectivity index (χ0n) is 20.2. The van der Waals surface area contributed by atoms with Gasteiger partial charge in [0.25, 0.3) is 0 Å². The van der Waals surface area contributed by atoms with Crippen LogP contribution in [0.5, 0.6) is 23.0 Å². The summed E-state index contributed by atoms with van der Waals surface area (Å²) < 4.78 is 41.0. The minimum Gasteiger partial charge on any atom is -0.487 e. The summed E-state index contributed by atoms with van der Waals surface area (Å²) in [6.07, 6.45) is 0. The quantitative estimate of drug-likeness (QED) is 0.503. The number of para-hydroxylation sites is 4. The molecule has 0 bridgehead atoms. The van der Waals surface area contributed by atoms with Gasteiger partial charge in [-0.05, 0) is 29.8 Å². The zero-order valence-corrected chi connectivity index (χ0v) is 20.2. The third-order valence-electron chi connectivity index (χ3n) is 5.58. The predicted octanol–water partition coefficient (Wildman–Crippen LogP) is 4.02. The molecule has 1 heterocycles. The Hall–Kier alpha value is -3.75. The van der Waals surface area contributed by atoms with Crippen LogP contribution in [0.25, 0.3) is 0 Å². The maximum absolute atomic E-state index is 12.1. The van der Waals surface area contributed by atoms with Crippen LogP contribution in [0.3, 0.4) is 0 Å². The van der Waals surface area contributed by atoms with Crippen molar-refractivity contribution in [2.24, 2.45) is 0 Å². The first-order valence-corrected chi connectivity index (χ1v) is 11.7. The van der Waals surface area contributed by atoms with E-state index in [9.17, 15) is 4.79 Å². The van der Waals surface area contributed by atoms with Gasteiger partial charge in [0.2, 0.25) is 0 Å². The van der Waals surface area contributed by atoms with Crippen molar-refractivity contribution >= 4 is 5.97 Å². The molecule has 0 N–H and O–H groups in total. The van der Waals surface area contributed by atoms with Crippen molar-refractivity contribution in [2.75, 3.05) is 53.4 Å². The van der Waals surface area contributed by atoms with E-state index in [0.29, 0.717) is 49.4 Å². The first kappa shape index (κ1) is 25.3. The first-order valence-electron chi connectivity index (χ1n) is 11.7. The van der Waals surface area contributed by atoms with Crippen molar-refractivity contribution in [3.8, 4) is 23.0 Å².